The summed E-state index contributed by atoms with van der Waals surface area (Å²) in [6.45, 7) is 10.6. The molecule has 0 aliphatic rings. The zero-order valence-corrected chi connectivity index (χ0v) is 14.6. The van der Waals surface area contributed by atoms with Crippen molar-refractivity contribution in [2.24, 2.45) is 0 Å². The van der Waals surface area contributed by atoms with Gasteiger partial charge in [-0.05, 0) is 61.9 Å². The van der Waals surface area contributed by atoms with Crippen molar-refractivity contribution < 1.29 is 4.74 Å². The van der Waals surface area contributed by atoms with Gasteiger partial charge in [-0.1, -0.05) is 67.6 Å². The number of allylic oxidation sites excluding steroid dienone is 3. The molecule has 0 aromatic heterocycles. The Morgan fingerprint density at radius 3 is 2.38 bits per heavy atom. The number of hydrogen-bond acceptors (Lipinski definition) is 1. The predicted octanol–water partition coefficient (Wildman–Crippen LogP) is 6.54. The molecule has 0 aliphatic heterocycles. The molecule has 0 saturated heterocycles. The average molecular weight is 322 g/mol. The Labute approximate surface area is 147 Å². The van der Waals surface area contributed by atoms with Gasteiger partial charge in [0.2, 0.25) is 0 Å². The molecule has 0 saturated carbocycles. The van der Waals surface area contributed by atoms with Crippen LogP contribution in [-0.2, 0) is 6.42 Å². The smallest absolute Gasteiger partial charge is 0.122 e. The minimum Gasteiger partial charge on any atom is -0.496 e. The largest absolute Gasteiger partial charge is 0.496 e. The number of aryl methyl sites for hydroxylation is 2. The highest BCUT2D eigenvalue weighted by Crippen LogP contribution is 2.22. The molecule has 0 N–H and O–H groups in total. The Kier molecular flexibility index (Phi) is 7.51. The molecule has 0 atom stereocenters. The van der Waals surface area contributed by atoms with Crippen molar-refractivity contribution in [2.75, 3.05) is 7.11 Å². The fourth-order valence-electron chi connectivity index (χ4n) is 2.57. The van der Waals surface area contributed by atoms with Crippen molar-refractivity contribution in [1.82, 2.24) is 0 Å². The van der Waals surface area contributed by atoms with E-state index in [2.05, 4.69) is 75.9 Å². The second-order valence-electron chi connectivity index (χ2n) is 6.19. The second kappa shape index (κ2) is 9.12. The topological polar surface area (TPSA) is 9.23 Å². The Balaban J connectivity index is 0.00000288. The first-order valence-corrected chi connectivity index (χ1v) is 8.03. The molecule has 0 radical (unpaired) electrons. The number of methoxy groups -OCH3 is 1. The summed E-state index contributed by atoms with van der Waals surface area (Å²) < 4.78 is 5.39. The van der Waals surface area contributed by atoms with Gasteiger partial charge >= 0.3 is 0 Å². The highest BCUT2D eigenvalue weighted by molar-refractivity contribution is 5.64. The maximum Gasteiger partial charge on any atom is 0.122 e. The Morgan fingerprint density at radius 2 is 1.75 bits per heavy atom. The summed E-state index contributed by atoms with van der Waals surface area (Å²) in [6.07, 6.45) is 4.04. The Hall–Kier alpha value is -2.28. The SMILES string of the molecule is C.C=C(C/C=C(\C)c1ccc(C)cc1)Cc1ccc(C)c(OC)c1. The fraction of sp³-hybridized carbons (Fsp3) is 0.304. The van der Waals surface area contributed by atoms with E-state index in [1.165, 1.54) is 27.8 Å². The first kappa shape index (κ1) is 19.8. The van der Waals surface area contributed by atoms with Crippen molar-refractivity contribution in [3.8, 4) is 5.75 Å². The molecule has 0 bridgehead atoms. The third-order valence-electron chi connectivity index (χ3n) is 4.13. The Bertz CT molecular complexity index is 705. The average Bonchev–Trinajstić information content (AvgIpc) is 2.55. The Morgan fingerprint density at radius 1 is 1.08 bits per heavy atom. The van der Waals surface area contributed by atoms with E-state index < -0.39 is 0 Å². The summed E-state index contributed by atoms with van der Waals surface area (Å²) in [7, 11) is 1.72. The van der Waals surface area contributed by atoms with Crippen LogP contribution in [-0.4, -0.2) is 7.11 Å². The summed E-state index contributed by atoms with van der Waals surface area (Å²) in [5, 5.41) is 0. The lowest BCUT2D eigenvalue weighted by atomic mass is 9.99. The second-order valence-corrected chi connectivity index (χ2v) is 6.19. The monoisotopic (exact) mass is 322 g/mol. The zero-order valence-electron chi connectivity index (χ0n) is 14.6. The molecule has 0 spiro atoms. The first-order chi connectivity index (χ1) is 11.0. The molecule has 0 unspecified atom stereocenters. The molecule has 0 heterocycles. The maximum absolute atomic E-state index is 5.39. The van der Waals surface area contributed by atoms with Crippen molar-refractivity contribution in [2.45, 2.75) is 41.0 Å². The highest BCUT2D eigenvalue weighted by Gasteiger charge is 2.02. The van der Waals surface area contributed by atoms with Crippen LogP contribution in [0, 0.1) is 13.8 Å². The van der Waals surface area contributed by atoms with Crippen molar-refractivity contribution >= 4 is 5.57 Å². The van der Waals surface area contributed by atoms with Gasteiger partial charge in [-0.25, -0.2) is 0 Å². The number of rotatable bonds is 6. The van der Waals surface area contributed by atoms with Gasteiger partial charge in [0.25, 0.3) is 0 Å². The third kappa shape index (κ3) is 5.42. The molecule has 0 aliphatic carbocycles. The molecule has 2 aromatic carbocycles. The summed E-state index contributed by atoms with van der Waals surface area (Å²) in [6, 6.07) is 15.0. The highest BCUT2D eigenvalue weighted by atomic mass is 16.5. The molecular weight excluding hydrogens is 292 g/mol. The van der Waals surface area contributed by atoms with Crippen LogP contribution in [0.3, 0.4) is 0 Å². The fourth-order valence-corrected chi connectivity index (χ4v) is 2.57. The van der Waals surface area contributed by atoms with Gasteiger partial charge in [0.1, 0.15) is 5.75 Å². The first-order valence-electron chi connectivity index (χ1n) is 8.03. The van der Waals surface area contributed by atoms with E-state index in [9.17, 15) is 0 Å². The van der Waals surface area contributed by atoms with Crippen molar-refractivity contribution in [3.63, 3.8) is 0 Å². The quantitative estimate of drug-likeness (QED) is 0.549. The van der Waals surface area contributed by atoms with E-state index in [1.54, 1.807) is 7.11 Å². The molecule has 2 aromatic rings. The van der Waals surface area contributed by atoms with Gasteiger partial charge in [-0.2, -0.15) is 0 Å². The van der Waals surface area contributed by atoms with Crippen LogP contribution in [0.2, 0.25) is 0 Å². The molecular formula is C23H30O. The van der Waals surface area contributed by atoms with Crippen LogP contribution in [0.1, 0.15) is 43.0 Å². The van der Waals surface area contributed by atoms with Crippen LogP contribution in [0.15, 0.2) is 60.7 Å². The lowest BCUT2D eigenvalue weighted by Gasteiger charge is -2.09. The van der Waals surface area contributed by atoms with E-state index in [-0.39, 0.29) is 7.43 Å². The molecule has 0 amide bonds. The summed E-state index contributed by atoms with van der Waals surface area (Å²) in [5.41, 5.74) is 7.49. The number of hydrogen-bond donors (Lipinski definition) is 0. The number of ether oxygens (including phenoxy) is 1. The predicted molar refractivity (Wildman–Crippen MR) is 107 cm³/mol. The third-order valence-corrected chi connectivity index (χ3v) is 4.13. The zero-order chi connectivity index (χ0) is 16.8. The molecule has 2 rings (SSSR count). The van der Waals surface area contributed by atoms with Crippen LogP contribution in [0.5, 0.6) is 5.75 Å². The lowest BCUT2D eigenvalue weighted by Crippen LogP contribution is -1.93. The minimum atomic E-state index is 0. The van der Waals surface area contributed by atoms with Crippen LogP contribution < -0.4 is 4.74 Å². The van der Waals surface area contributed by atoms with Gasteiger partial charge in [-0.3, -0.25) is 0 Å². The van der Waals surface area contributed by atoms with Crippen molar-refractivity contribution in [3.05, 3.63) is 82.9 Å². The van der Waals surface area contributed by atoms with Crippen molar-refractivity contribution in [1.29, 1.82) is 0 Å². The molecule has 1 nitrogen and oxygen atoms in total. The maximum atomic E-state index is 5.39. The van der Waals surface area contributed by atoms with Gasteiger partial charge in [-0.15, -0.1) is 0 Å². The molecule has 0 fully saturated rings. The van der Waals surface area contributed by atoms with E-state index >= 15 is 0 Å². The van der Waals surface area contributed by atoms with E-state index in [4.69, 9.17) is 4.74 Å². The van der Waals surface area contributed by atoms with Crippen LogP contribution in [0.25, 0.3) is 5.57 Å². The van der Waals surface area contributed by atoms with Gasteiger partial charge in [0.15, 0.2) is 0 Å². The van der Waals surface area contributed by atoms with Crippen LogP contribution in [0.4, 0.5) is 0 Å². The van der Waals surface area contributed by atoms with Gasteiger partial charge in [0, 0.05) is 0 Å². The minimum absolute atomic E-state index is 0. The van der Waals surface area contributed by atoms with Crippen LogP contribution >= 0.6 is 0 Å². The van der Waals surface area contributed by atoms with E-state index in [0.29, 0.717) is 0 Å². The lowest BCUT2D eigenvalue weighted by molar-refractivity contribution is 0.411. The molecule has 24 heavy (non-hydrogen) atoms. The normalized spacial score (nSPS) is 10.9. The summed E-state index contributed by atoms with van der Waals surface area (Å²) >= 11 is 0. The summed E-state index contributed by atoms with van der Waals surface area (Å²) in [5.74, 6) is 0.946. The van der Waals surface area contributed by atoms with Gasteiger partial charge < -0.3 is 4.74 Å². The standard InChI is InChI=1S/C22H26O.CH4/c1-16-7-12-21(13-8-16)18(3)9-6-17(2)14-20-11-10-19(4)22(15-20)23-5;/h7-13,15H,2,6,14H2,1,3-5H3;1H4/b18-9+;. The van der Waals surface area contributed by atoms with E-state index in [0.717, 1.165) is 24.2 Å². The molecule has 1 heteroatoms. The van der Waals surface area contributed by atoms with Gasteiger partial charge in [0.05, 0.1) is 7.11 Å². The van der Waals surface area contributed by atoms with E-state index in [1.807, 2.05) is 0 Å². The number of benzene rings is 2. The summed E-state index contributed by atoms with van der Waals surface area (Å²) in [4.78, 5) is 0. The molecule has 128 valence electrons.